The SMILES string of the molecule is COc1ccc(OC[C@H](C)NC(=O)COc2ccc(C(C)C)cc2)cc1. The quantitative estimate of drug-likeness (QED) is 0.742. The molecule has 0 bridgehead atoms. The Hall–Kier alpha value is -2.69. The minimum Gasteiger partial charge on any atom is -0.497 e. The molecular weight excluding hydrogens is 330 g/mol. The van der Waals surface area contributed by atoms with Gasteiger partial charge in [-0.1, -0.05) is 26.0 Å². The second-order valence-electron chi connectivity index (χ2n) is 6.47. The van der Waals surface area contributed by atoms with Crippen molar-refractivity contribution >= 4 is 5.91 Å². The molecule has 0 radical (unpaired) electrons. The molecule has 26 heavy (non-hydrogen) atoms. The molecule has 2 rings (SSSR count). The van der Waals surface area contributed by atoms with E-state index in [9.17, 15) is 4.79 Å². The van der Waals surface area contributed by atoms with Crippen molar-refractivity contribution in [2.45, 2.75) is 32.7 Å². The molecular formula is C21H27NO4. The van der Waals surface area contributed by atoms with E-state index in [1.807, 2.05) is 55.5 Å². The van der Waals surface area contributed by atoms with Crippen LogP contribution in [0.1, 0.15) is 32.3 Å². The van der Waals surface area contributed by atoms with Crippen LogP contribution in [0.4, 0.5) is 0 Å². The molecule has 1 atom stereocenters. The second-order valence-corrected chi connectivity index (χ2v) is 6.47. The zero-order valence-corrected chi connectivity index (χ0v) is 15.8. The molecule has 1 amide bonds. The minimum absolute atomic E-state index is 0.0199. The van der Waals surface area contributed by atoms with Gasteiger partial charge in [0, 0.05) is 0 Å². The fraction of sp³-hybridized carbons (Fsp3) is 0.381. The molecule has 5 nitrogen and oxygen atoms in total. The Morgan fingerprint density at radius 3 is 2.00 bits per heavy atom. The fourth-order valence-corrected chi connectivity index (χ4v) is 2.35. The molecule has 0 fully saturated rings. The number of methoxy groups -OCH3 is 1. The summed E-state index contributed by atoms with van der Waals surface area (Å²) in [7, 11) is 1.62. The molecule has 0 aromatic heterocycles. The maximum Gasteiger partial charge on any atom is 0.258 e. The molecule has 0 saturated carbocycles. The van der Waals surface area contributed by atoms with E-state index >= 15 is 0 Å². The average molecular weight is 357 g/mol. The normalized spacial score (nSPS) is 11.7. The van der Waals surface area contributed by atoms with Crippen LogP contribution in [-0.4, -0.2) is 32.3 Å². The Labute approximate surface area is 155 Å². The highest BCUT2D eigenvalue weighted by Gasteiger charge is 2.09. The van der Waals surface area contributed by atoms with Crippen LogP contribution >= 0.6 is 0 Å². The summed E-state index contributed by atoms with van der Waals surface area (Å²) in [5.41, 5.74) is 1.24. The van der Waals surface area contributed by atoms with Crippen LogP contribution < -0.4 is 19.5 Å². The van der Waals surface area contributed by atoms with Crippen LogP contribution in [0.3, 0.4) is 0 Å². The Bertz CT molecular complexity index is 680. The molecule has 0 spiro atoms. The number of ether oxygens (including phenoxy) is 3. The standard InChI is InChI=1S/C21H27NO4/c1-15(2)17-5-7-19(8-6-17)26-14-21(23)22-16(3)13-25-20-11-9-18(24-4)10-12-20/h5-12,15-16H,13-14H2,1-4H3,(H,22,23)/t16-/m0/s1. The van der Waals surface area contributed by atoms with Gasteiger partial charge in [0.2, 0.25) is 0 Å². The molecule has 0 aliphatic rings. The predicted molar refractivity (Wildman–Crippen MR) is 102 cm³/mol. The van der Waals surface area contributed by atoms with E-state index in [0.29, 0.717) is 18.3 Å². The highest BCUT2D eigenvalue weighted by atomic mass is 16.5. The maximum atomic E-state index is 12.0. The van der Waals surface area contributed by atoms with Gasteiger partial charge in [0.05, 0.1) is 13.2 Å². The Morgan fingerprint density at radius 2 is 1.42 bits per heavy atom. The van der Waals surface area contributed by atoms with Crippen molar-refractivity contribution in [3.8, 4) is 17.2 Å². The van der Waals surface area contributed by atoms with Crippen LogP contribution in [0.15, 0.2) is 48.5 Å². The summed E-state index contributed by atoms with van der Waals surface area (Å²) in [4.78, 5) is 12.0. The van der Waals surface area contributed by atoms with Gasteiger partial charge in [-0.05, 0) is 54.8 Å². The van der Waals surface area contributed by atoms with E-state index in [0.717, 1.165) is 11.5 Å². The van der Waals surface area contributed by atoms with Crippen molar-refractivity contribution in [1.82, 2.24) is 5.32 Å². The Kier molecular flexibility index (Phi) is 7.33. The summed E-state index contributed by atoms with van der Waals surface area (Å²) in [5, 5.41) is 2.86. The number of hydrogen-bond donors (Lipinski definition) is 1. The lowest BCUT2D eigenvalue weighted by atomic mass is 10.0. The lowest BCUT2D eigenvalue weighted by Crippen LogP contribution is -2.39. The first kappa shape index (κ1) is 19.6. The monoisotopic (exact) mass is 357 g/mol. The molecule has 5 heteroatoms. The molecule has 2 aromatic rings. The number of carbonyl (C=O) groups excluding carboxylic acids is 1. The number of amides is 1. The Balaban J connectivity index is 1.70. The molecule has 0 unspecified atom stereocenters. The second kappa shape index (κ2) is 9.70. The number of carbonyl (C=O) groups is 1. The number of nitrogens with one attached hydrogen (secondary N) is 1. The summed E-state index contributed by atoms with van der Waals surface area (Å²) in [6.07, 6.45) is 0. The summed E-state index contributed by atoms with van der Waals surface area (Å²) in [6.45, 7) is 6.52. The lowest BCUT2D eigenvalue weighted by Gasteiger charge is -2.15. The number of hydrogen-bond acceptors (Lipinski definition) is 4. The van der Waals surface area contributed by atoms with Crippen LogP contribution in [-0.2, 0) is 4.79 Å². The highest BCUT2D eigenvalue weighted by Crippen LogP contribution is 2.19. The molecule has 0 saturated heterocycles. The average Bonchev–Trinajstić information content (AvgIpc) is 2.65. The van der Waals surface area contributed by atoms with Crippen molar-refractivity contribution in [2.75, 3.05) is 20.3 Å². The van der Waals surface area contributed by atoms with Gasteiger partial charge in [-0.15, -0.1) is 0 Å². The highest BCUT2D eigenvalue weighted by molar-refractivity contribution is 5.77. The first-order valence-corrected chi connectivity index (χ1v) is 8.77. The van der Waals surface area contributed by atoms with Crippen molar-refractivity contribution in [1.29, 1.82) is 0 Å². The first-order chi connectivity index (χ1) is 12.5. The molecule has 0 heterocycles. The minimum atomic E-state index is -0.177. The van der Waals surface area contributed by atoms with Gasteiger partial charge in [0.1, 0.15) is 23.9 Å². The third-order valence-corrected chi connectivity index (χ3v) is 3.88. The number of rotatable bonds is 9. The first-order valence-electron chi connectivity index (χ1n) is 8.77. The summed E-state index contributed by atoms with van der Waals surface area (Å²) >= 11 is 0. The van der Waals surface area contributed by atoms with E-state index in [1.165, 1.54) is 5.56 Å². The van der Waals surface area contributed by atoms with E-state index in [2.05, 4.69) is 19.2 Å². The smallest absolute Gasteiger partial charge is 0.258 e. The third kappa shape index (κ3) is 6.31. The molecule has 0 aliphatic carbocycles. The van der Waals surface area contributed by atoms with Gasteiger partial charge >= 0.3 is 0 Å². The van der Waals surface area contributed by atoms with E-state index in [4.69, 9.17) is 14.2 Å². The van der Waals surface area contributed by atoms with Crippen molar-refractivity contribution < 1.29 is 19.0 Å². The molecule has 1 N–H and O–H groups in total. The topological polar surface area (TPSA) is 56.8 Å². The summed E-state index contributed by atoms with van der Waals surface area (Å²) in [6, 6.07) is 15.0. The molecule has 0 aliphatic heterocycles. The Morgan fingerprint density at radius 1 is 0.885 bits per heavy atom. The fourth-order valence-electron chi connectivity index (χ4n) is 2.35. The van der Waals surface area contributed by atoms with Crippen LogP contribution in [0.25, 0.3) is 0 Å². The van der Waals surface area contributed by atoms with Gasteiger partial charge in [0.25, 0.3) is 5.91 Å². The zero-order valence-electron chi connectivity index (χ0n) is 15.8. The van der Waals surface area contributed by atoms with Gasteiger partial charge in [-0.25, -0.2) is 0 Å². The van der Waals surface area contributed by atoms with E-state index in [-0.39, 0.29) is 18.6 Å². The zero-order chi connectivity index (χ0) is 18.9. The van der Waals surface area contributed by atoms with Crippen LogP contribution in [0.5, 0.6) is 17.2 Å². The maximum absolute atomic E-state index is 12.0. The number of benzene rings is 2. The van der Waals surface area contributed by atoms with Crippen molar-refractivity contribution in [3.05, 3.63) is 54.1 Å². The van der Waals surface area contributed by atoms with Crippen LogP contribution in [0.2, 0.25) is 0 Å². The summed E-state index contributed by atoms with van der Waals surface area (Å²) < 4.78 is 16.3. The van der Waals surface area contributed by atoms with Gasteiger partial charge in [-0.2, -0.15) is 0 Å². The largest absolute Gasteiger partial charge is 0.497 e. The molecule has 140 valence electrons. The van der Waals surface area contributed by atoms with Gasteiger partial charge in [0.15, 0.2) is 6.61 Å². The predicted octanol–water partition coefficient (Wildman–Crippen LogP) is 3.78. The van der Waals surface area contributed by atoms with E-state index in [1.54, 1.807) is 7.11 Å². The third-order valence-electron chi connectivity index (χ3n) is 3.88. The van der Waals surface area contributed by atoms with Gasteiger partial charge in [-0.3, -0.25) is 4.79 Å². The van der Waals surface area contributed by atoms with E-state index < -0.39 is 0 Å². The summed E-state index contributed by atoms with van der Waals surface area (Å²) in [5.74, 6) is 2.49. The van der Waals surface area contributed by atoms with Crippen LogP contribution in [0, 0.1) is 0 Å². The lowest BCUT2D eigenvalue weighted by molar-refractivity contribution is -0.123. The van der Waals surface area contributed by atoms with Crippen molar-refractivity contribution in [3.63, 3.8) is 0 Å². The van der Waals surface area contributed by atoms with Gasteiger partial charge < -0.3 is 19.5 Å². The molecule has 2 aromatic carbocycles. The van der Waals surface area contributed by atoms with Crippen molar-refractivity contribution in [2.24, 2.45) is 0 Å².